The average molecular weight is 1080 g/mol. The largest absolute Gasteiger partial charge is 0.494 e. The molecule has 0 spiro atoms. The maximum atomic E-state index is 13.1. The van der Waals surface area contributed by atoms with E-state index in [1.54, 1.807) is 55.5 Å². The van der Waals surface area contributed by atoms with Gasteiger partial charge in [-0.1, -0.05) is 46.7 Å². The third kappa shape index (κ3) is 16.4. The number of amides is 2. The number of nitrogens with one attached hydrogen (secondary N) is 1. The highest BCUT2D eigenvalue weighted by Crippen LogP contribution is 2.43. The monoisotopic (exact) mass is 1070 g/mol. The summed E-state index contributed by atoms with van der Waals surface area (Å²) in [6, 6.07) is 26.0. The number of piperidine rings is 2. The van der Waals surface area contributed by atoms with Crippen LogP contribution in [0.15, 0.2) is 89.9 Å². The number of benzene rings is 4. The van der Waals surface area contributed by atoms with Crippen molar-refractivity contribution in [1.29, 1.82) is 0 Å². The molecule has 16 heteroatoms. The second-order valence-corrected chi connectivity index (χ2v) is 20.1. The maximum Gasteiger partial charge on any atom is 0.267 e. The number of fused-ring (bicyclic) bond motifs is 2. The number of likely N-dealkylation sites (N-methyl/N-ethyl adjacent to an activating group) is 2. The number of ketones is 2. The van der Waals surface area contributed by atoms with Gasteiger partial charge in [-0.15, -0.1) is 0 Å². The van der Waals surface area contributed by atoms with Gasteiger partial charge in [0, 0.05) is 59.2 Å². The van der Waals surface area contributed by atoms with Crippen molar-refractivity contribution in [2.24, 2.45) is 10.7 Å². The molecule has 3 aliphatic heterocycles. The minimum Gasteiger partial charge on any atom is -0.494 e. The first-order valence-corrected chi connectivity index (χ1v) is 27.2. The number of halogens is 1. The molecule has 3 aliphatic rings. The van der Waals surface area contributed by atoms with Crippen LogP contribution < -0.4 is 20.1 Å². The molecule has 416 valence electrons. The van der Waals surface area contributed by atoms with Gasteiger partial charge in [-0.25, -0.2) is 4.90 Å². The fourth-order valence-electron chi connectivity index (χ4n) is 9.48. The van der Waals surface area contributed by atoms with Gasteiger partial charge >= 0.3 is 0 Å². The van der Waals surface area contributed by atoms with Crippen molar-refractivity contribution in [1.82, 2.24) is 24.6 Å². The van der Waals surface area contributed by atoms with Gasteiger partial charge in [-0.2, -0.15) is 0 Å². The maximum absolute atomic E-state index is 13.1. The number of carbonyl (C=O) groups excluding carboxylic acids is 4. The summed E-state index contributed by atoms with van der Waals surface area (Å²) in [5.41, 5.74) is 11.5. The zero-order chi connectivity index (χ0) is 55.1. The molecule has 0 unspecified atom stereocenters. The topological polar surface area (TPSA) is 177 Å². The van der Waals surface area contributed by atoms with Crippen molar-refractivity contribution in [3.8, 4) is 17.4 Å². The molecule has 5 aromatic rings. The molecule has 8 rings (SSSR count). The number of Topliss-reactive ketones (excluding diaryl/α,β-unsaturated/α-hetero) is 2. The predicted octanol–water partition coefficient (Wildman–Crippen LogP) is 10.0. The highest BCUT2D eigenvalue weighted by Gasteiger charge is 2.37. The normalized spacial score (nSPS) is 16.1. The van der Waals surface area contributed by atoms with Crippen LogP contribution in [0.4, 0.5) is 5.69 Å². The van der Waals surface area contributed by atoms with Gasteiger partial charge in [0.05, 0.1) is 33.6 Å². The number of nitrogens with zero attached hydrogens (tertiary/aromatic N) is 6. The molecule has 4 aromatic carbocycles. The third-order valence-electron chi connectivity index (χ3n) is 14.4. The molecule has 4 heterocycles. The number of hydrogen-bond donors (Lipinski definition) is 3. The van der Waals surface area contributed by atoms with Crippen molar-refractivity contribution < 1.29 is 33.8 Å². The van der Waals surface area contributed by atoms with Crippen LogP contribution in [0.25, 0.3) is 21.5 Å². The minimum atomic E-state index is -0.502. The van der Waals surface area contributed by atoms with E-state index in [0.717, 1.165) is 98.0 Å². The lowest BCUT2D eigenvalue weighted by Gasteiger charge is -2.27. The second-order valence-electron chi connectivity index (χ2n) is 19.8. The molecule has 15 nitrogen and oxygen atoms in total. The molecule has 0 bridgehead atoms. The number of aromatic amines is 1. The number of hydrogen-bond acceptors (Lipinski definition) is 13. The Labute approximate surface area is 462 Å². The van der Waals surface area contributed by atoms with Gasteiger partial charge < -0.3 is 44.9 Å². The number of anilines is 1. The van der Waals surface area contributed by atoms with E-state index < -0.39 is 11.8 Å². The Morgan fingerprint density at radius 2 is 1.17 bits per heavy atom. The lowest BCUT2D eigenvalue weighted by atomic mass is 9.97. The van der Waals surface area contributed by atoms with E-state index in [-0.39, 0.29) is 41.5 Å². The first-order chi connectivity index (χ1) is 36.5. The molecule has 0 radical (unpaired) electrons. The Hall–Kier alpha value is -6.20. The molecule has 2 saturated heterocycles. The number of ether oxygens (including phenoxy) is 2. The van der Waals surface area contributed by atoms with Crippen LogP contribution in [0.2, 0.25) is 0 Å². The van der Waals surface area contributed by atoms with E-state index in [1.807, 2.05) is 36.4 Å². The number of aromatic hydroxyl groups is 1. The van der Waals surface area contributed by atoms with Gasteiger partial charge in [0.1, 0.15) is 24.7 Å². The van der Waals surface area contributed by atoms with Crippen molar-refractivity contribution in [2.45, 2.75) is 93.7 Å². The Morgan fingerprint density at radius 3 is 1.65 bits per heavy atom. The van der Waals surface area contributed by atoms with Crippen molar-refractivity contribution >= 4 is 67.9 Å². The average Bonchev–Trinajstić information content (AvgIpc) is 3.95. The molecule has 4 N–H and O–H groups in total. The first kappa shape index (κ1) is 61.7. The van der Waals surface area contributed by atoms with Crippen LogP contribution in [-0.4, -0.2) is 164 Å². The molecule has 1 aromatic heterocycles. The van der Waals surface area contributed by atoms with Crippen LogP contribution in [0, 0.1) is 0 Å². The van der Waals surface area contributed by atoms with Crippen LogP contribution in [0.3, 0.4) is 0 Å². The lowest BCUT2D eigenvalue weighted by Crippen LogP contribution is -2.37. The van der Waals surface area contributed by atoms with Gasteiger partial charge in [-0.05, 0) is 196 Å². The smallest absolute Gasteiger partial charge is 0.267 e. The van der Waals surface area contributed by atoms with Crippen molar-refractivity contribution in [3.63, 3.8) is 0 Å². The Bertz CT molecular complexity index is 2810. The number of aliphatic imine (C=N–C) groups is 1. The molecule has 77 heavy (non-hydrogen) atoms. The van der Waals surface area contributed by atoms with Crippen molar-refractivity contribution in [3.05, 3.63) is 118 Å². The quantitative estimate of drug-likeness (QED) is 0.0431. The second kappa shape index (κ2) is 29.5. The number of rotatable bonds is 18. The van der Waals surface area contributed by atoms with E-state index in [0.29, 0.717) is 58.5 Å². The number of likely N-dealkylation sites (tertiary alicyclic amines) is 2. The number of carbonyl (C=O) groups is 4. The van der Waals surface area contributed by atoms with E-state index in [2.05, 4.69) is 66.4 Å². The number of aromatic nitrogens is 1. The first-order valence-electron chi connectivity index (χ1n) is 26.8. The molecule has 0 atom stereocenters. The highest BCUT2D eigenvalue weighted by molar-refractivity contribution is 6.60. The summed E-state index contributed by atoms with van der Waals surface area (Å²) in [6.45, 7) is 24.1. The van der Waals surface area contributed by atoms with E-state index in [1.165, 1.54) is 39.8 Å². The fourth-order valence-corrected chi connectivity index (χ4v) is 9.79. The van der Waals surface area contributed by atoms with E-state index in [4.69, 9.17) is 31.8 Å². The summed E-state index contributed by atoms with van der Waals surface area (Å²) < 4.78 is 11.8. The van der Waals surface area contributed by atoms with Gasteiger partial charge in [0.15, 0.2) is 17.4 Å². The van der Waals surface area contributed by atoms with Crippen molar-refractivity contribution in [2.75, 3.05) is 97.7 Å². The van der Waals surface area contributed by atoms with E-state index >= 15 is 0 Å². The molecule has 0 aliphatic carbocycles. The summed E-state index contributed by atoms with van der Waals surface area (Å²) in [4.78, 5) is 67.7. The van der Waals surface area contributed by atoms with E-state index in [9.17, 15) is 24.3 Å². The van der Waals surface area contributed by atoms with Gasteiger partial charge in [0.2, 0.25) is 5.91 Å². The number of H-pyrrole nitrogens is 1. The predicted molar refractivity (Wildman–Crippen MR) is 314 cm³/mol. The number of imide groups is 1. The molecule has 2 fully saturated rings. The number of nitrogens with two attached hydrogens (primary N) is 1. The third-order valence-corrected chi connectivity index (χ3v) is 14.8. The molecular formula is C61H83ClN8O7. The summed E-state index contributed by atoms with van der Waals surface area (Å²) in [6.07, 6.45) is 4.29. The van der Waals surface area contributed by atoms with Crippen LogP contribution >= 0.6 is 11.6 Å². The molecular weight excluding hydrogens is 992 g/mol. The Balaban J connectivity index is 0.000000246. The zero-order valence-electron chi connectivity index (χ0n) is 46.1. The summed E-state index contributed by atoms with van der Waals surface area (Å²) in [7, 11) is 4.28. The molecule has 0 saturated carbocycles. The van der Waals surface area contributed by atoms with Gasteiger partial charge in [0.25, 0.3) is 5.91 Å². The standard InChI is InChI=1S/C29H38N4O3.C25H27ClN2O4.C6H14N2.CH4/c1-5-33(6-2)17-18-36-24-10-7-21(8-11-24)28(30-23-13-15-32(4)16-14-23)27-25-19-22(20(3)34)9-12-26(25)31-29(27)35;1-5-27(6-2)13-14-32-20-10-7-18(8-11-20)24(26)23-21-15-19(16(3)29)9-12-22(21)28(17(4)30)25(23)31;1-8-4-2-6(7)3-5-8;/h7-12,19,23,31,35H,5-6,13-18H2,1-4H3;7-12,15H,5-6,13-14H2,1-4H3;6H,2-5,7H2,1H3;1H4/b;24-23-;;. The Kier molecular flexibility index (Phi) is 23.6. The van der Waals surface area contributed by atoms with Crippen LogP contribution in [0.5, 0.6) is 17.4 Å². The lowest BCUT2D eigenvalue weighted by molar-refractivity contribution is -0.122. The SMILES string of the molecule is C.CCN(CC)CCOc1ccc(/C(Cl)=C2/C(=O)N(C(C)=O)c3ccc(C(C)=O)cc32)cc1.CCN(CC)CCOc1ccc(C(=NC2CCN(C)CC2)c2c(O)[nH]c3ccc(C(C)=O)cc23)cc1.CN1CCC(N)CC1. The van der Waals surface area contributed by atoms with Gasteiger partial charge in [-0.3, -0.25) is 24.2 Å². The molecule has 2 amide bonds. The Morgan fingerprint density at radius 1 is 0.701 bits per heavy atom. The van der Waals surface area contributed by atoms with Crippen LogP contribution in [0.1, 0.15) is 125 Å². The summed E-state index contributed by atoms with van der Waals surface area (Å²) in [5.74, 6) is 0.522. The van der Waals surface area contributed by atoms with Crippen LogP contribution in [-0.2, 0) is 9.59 Å². The fraction of sp³-hybridized carbons (Fsp3) is 0.459. The zero-order valence-corrected chi connectivity index (χ0v) is 46.8. The minimum absolute atomic E-state index is 0. The summed E-state index contributed by atoms with van der Waals surface area (Å²) >= 11 is 6.66. The highest BCUT2D eigenvalue weighted by atomic mass is 35.5. The summed E-state index contributed by atoms with van der Waals surface area (Å²) in [5, 5.41) is 12.0.